The van der Waals surface area contributed by atoms with Crippen molar-refractivity contribution >= 4 is 43.9 Å². The number of aromatic nitrogens is 1. The summed E-state index contributed by atoms with van der Waals surface area (Å²) >= 11 is 1.07. The molecule has 1 saturated carbocycles. The topological polar surface area (TPSA) is 71.8 Å². The number of ketones is 1. The molecule has 0 saturated heterocycles. The van der Waals surface area contributed by atoms with Crippen LogP contribution < -0.4 is 44.6 Å². The number of pyridine rings is 1. The molecule has 6 nitrogen and oxygen atoms in total. The Labute approximate surface area is 193 Å². The molecule has 2 aromatic heterocycles. The van der Waals surface area contributed by atoms with E-state index in [4.69, 9.17) is 4.74 Å². The second-order valence-electron chi connectivity index (χ2n) is 6.85. The molecular formula is C20H19FN2NaO4S-. The Morgan fingerprint density at radius 2 is 2.14 bits per heavy atom. The van der Waals surface area contributed by atoms with Gasteiger partial charge in [0.2, 0.25) is 5.43 Å². The van der Waals surface area contributed by atoms with E-state index in [-0.39, 0.29) is 80.8 Å². The predicted molar refractivity (Wildman–Crippen MR) is 108 cm³/mol. The van der Waals surface area contributed by atoms with Crippen LogP contribution in [-0.4, -0.2) is 29.1 Å². The molecule has 0 spiro atoms. The fourth-order valence-electron chi connectivity index (χ4n) is 3.56. The van der Waals surface area contributed by atoms with Crippen LogP contribution in [0.3, 0.4) is 0 Å². The zero-order valence-electron chi connectivity index (χ0n) is 16.5. The molecule has 148 valence electrons. The van der Waals surface area contributed by atoms with Crippen LogP contribution in [-0.2, 0) is 0 Å². The first-order chi connectivity index (χ1) is 13.3. The average molecular weight is 425 g/mol. The summed E-state index contributed by atoms with van der Waals surface area (Å²) in [5.41, 5.74) is 0.0280. The Morgan fingerprint density at radius 3 is 2.66 bits per heavy atom. The number of halogens is 1. The summed E-state index contributed by atoms with van der Waals surface area (Å²) in [6.07, 6.45) is 1.75. The molecule has 1 aliphatic carbocycles. The van der Waals surface area contributed by atoms with Crippen LogP contribution >= 0.6 is 11.3 Å². The van der Waals surface area contributed by atoms with E-state index in [0.29, 0.717) is 10.3 Å². The first-order valence-electron chi connectivity index (χ1n) is 8.80. The monoisotopic (exact) mass is 425 g/mol. The van der Waals surface area contributed by atoms with E-state index in [1.807, 2.05) is 4.57 Å². The van der Waals surface area contributed by atoms with Crippen molar-refractivity contribution in [2.45, 2.75) is 25.8 Å². The van der Waals surface area contributed by atoms with Crippen molar-refractivity contribution in [3.8, 4) is 11.5 Å². The second-order valence-corrected chi connectivity index (χ2v) is 7.85. The van der Waals surface area contributed by atoms with Gasteiger partial charge >= 0.3 is 29.6 Å². The number of rotatable bonds is 5. The molecular weight excluding hydrogens is 406 g/mol. The molecule has 1 N–H and O–H groups in total. The van der Waals surface area contributed by atoms with Crippen LogP contribution in [0.1, 0.15) is 35.5 Å². The molecule has 9 heteroatoms. The molecule has 0 radical (unpaired) electrons. The van der Waals surface area contributed by atoms with E-state index in [1.165, 1.54) is 18.9 Å². The number of Topliss-reactive ketones (excluding diaryl/α,β-unsaturated/α-hetero) is 1. The quantitative estimate of drug-likeness (QED) is 0.376. The Balaban J connectivity index is 0.00000240. The van der Waals surface area contributed by atoms with Gasteiger partial charge in [-0.3, -0.25) is 16.6 Å². The van der Waals surface area contributed by atoms with E-state index in [1.54, 1.807) is 0 Å². The first-order valence-corrected chi connectivity index (χ1v) is 9.61. The number of hydrogen-bond acceptors (Lipinski definition) is 6. The number of hydrogen-bond donors (Lipinski definition) is 1. The van der Waals surface area contributed by atoms with Crippen molar-refractivity contribution in [3.63, 3.8) is 0 Å². The van der Waals surface area contributed by atoms with E-state index < -0.39 is 11.2 Å². The van der Waals surface area contributed by atoms with Gasteiger partial charge < -0.3 is 26.2 Å². The number of ether oxygens (including phenoxy) is 1. The average Bonchev–Trinajstić information content (AvgIpc) is 3.43. The Morgan fingerprint density at radius 1 is 1.48 bits per heavy atom. The van der Waals surface area contributed by atoms with Crippen LogP contribution in [0.5, 0.6) is 11.5 Å². The van der Waals surface area contributed by atoms with E-state index in [2.05, 4.69) is 14.0 Å². The van der Waals surface area contributed by atoms with E-state index >= 15 is 0 Å². The van der Waals surface area contributed by atoms with Gasteiger partial charge in [0.05, 0.1) is 23.7 Å². The summed E-state index contributed by atoms with van der Waals surface area (Å²) in [7, 11) is 5.21. The normalized spacial score (nSPS) is 13.6. The van der Waals surface area contributed by atoms with Gasteiger partial charge in [-0.1, -0.05) is 0 Å². The van der Waals surface area contributed by atoms with Gasteiger partial charge in [-0.05, 0) is 18.9 Å². The zero-order valence-corrected chi connectivity index (χ0v) is 19.4. The molecule has 4 rings (SSSR count). The van der Waals surface area contributed by atoms with Crippen LogP contribution in [0.4, 0.5) is 10.1 Å². The minimum absolute atomic E-state index is 0. The fraction of sp³-hybridized carbons (Fsp3) is 0.300. The molecule has 1 aliphatic rings. The number of aromatic hydroxyl groups is 1. The van der Waals surface area contributed by atoms with Gasteiger partial charge in [-0.15, -0.1) is 17.9 Å². The molecule has 0 bridgehead atoms. The second kappa shape index (κ2) is 7.91. The third kappa shape index (κ3) is 3.26. The standard InChI is InChI=1S/C20H19FN2O4S.Na/c1-5-22(3)15-12(21)8-11-14(18(15)27-4)23(10-6-7-10)20-13(16(11)25)17(26)19(28-20)9(2)24;/h8,10,26H,1,3,5-7H2,2,4H3;/q-2;+1. The number of anilines is 1. The van der Waals surface area contributed by atoms with Crippen LogP contribution in [0.25, 0.3) is 21.1 Å². The maximum Gasteiger partial charge on any atom is 1.00 e. The number of benzene rings is 1. The maximum absolute atomic E-state index is 14.9. The van der Waals surface area contributed by atoms with Crippen molar-refractivity contribution in [2.75, 3.05) is 18.6 Å². The molecule has 1 fully saturated rings. The van der Waals surface area contributed by atoms with Crippen molar-refractivity contribution in [2.24, 2.45) is 0 Å². The maximum atomic E-state index is 14.9. The number of carbonyl (C=O) groups excluding carboxylic acids is 1. The van der Waals surface area contributed by atoms with E-state index in [9.17, 15) is 19.1 Å². The summed E-state index contributed by atoms with van der Waals surface area (Å²) in [5, 5.41) is 10.7. The number of methoxy groups -OCH3 is 1. The number of nitrogens with zero attached hydrogens (tertiary/aromatic N) is 2. The molecule has 0 amide bonds. The largest absolute Gasteiger partial charge is 1.00 e. The van der Waals surface area contributed by atoms with Crippen LogP contribution in [0, 0.1) is 19.8 Å². The summed E-state index contributed by atoms with van der Waals surface area (Å²) in [4.78, 5) is 27.1. The fourth-order valence-corrected chi connectivity index (χ4v) is 4.73. The molecule has 3 aromatic rings. The van der Waals surface area contributed by atoms with Gasteiger partial charge in [0.15, 0.2) is 17.3 Å². The van der Waals surface area contributed by atoms with Gasteiger partial charge in [-0.2, -0.15) is 0 Å². The molecule has 1 aromatic carbocycles. The smallest absolute Gasteiger partial charge is 0.545 e. The molecule has 29 heavy (non-hydrogen) atoms. The number of fused-ring (bicyclic) bond motifs is 2. The predicted octanol–water partition coefficient (Wildman–Crippen LogP) is 1.04. The third-order valence-electron chi connectivity index (χ3n) is 5.00. The van der Waals surface area contributed by atoms with Gasteiger partial charge in [0.25, 0.3) is 0 Å². The Kier molecular flexibility index (Phi) is 6.02. The number of thiophene rings is 1. The minimum Gasteiger partial charge on any atom is -0.545 e. The SMILES string of the molecule is [CH2-]CN([CH2-])c1c(F)cc2c(=O)c3c(O)c(C(C)=O)sc3n(C3CC3)c2c1OC.[Na+]. The Hall–Kier alpha value is -1.61. The third-order valence-corrected chi connectivity index (χ3v) is 6.28. The molecule has 0 aliphatic heterocycles. The summed E-state index contributed by atoms with van der Waals surface area (Å²) < 4.78 is 22.3. The molecule has 0 atom stereocenters. The Bertz CT molecular complexity index is 1200. The van der Waals surface area contributed by atoms with Crippen molar-refractivity contribution in [1.29, 1.82) is 0 Å². The van der Waals surface area contributed by atoms with Crippen molar-refractivity contribution in [3.05, 3.63) is 41.0 Å². The molecule has 0 unspecified atom stereocenters. The summed E-state index contributed by atoms with van der Waals surface area (Å²) in [6, 6.07) is 1.22. The minimum atomic E-state index is -0.664. The molecule has 2 heterocycles. The van der Waals surface area contributed by atoms with Gasteiger partial charge in [-0.25, -0.2) is 4.39 Å². The van der Waals surface area contributed by atoms with Gasteiger partial charge in [0.1, 0.15) is 20.9 Å². The van der Waals surface area contributed by atoms with E-state index in [0.717, 1.165) is 30.2 Å². The van der Waals surface area contributed by atoms with Gasteiger partial charge in [0, 0.05) is 13.0 Å². The number of carbonyl (C=O) groups is 1. The summed E-state index contributed by atoms with van der Waals surface area (Å²) in [6.45, 7) is 5.27. The van der Waals surface area contributed by atoms with Crippen molar-refractivity contribution in [1.82, 2.24) is 4.57 Å². The zero-order chi connectivity index (χ0) is 20.3. The van der Waals surface area contributed by atoms with Crippen LogP contribution in [0.15, 0.2) is 10.9 Å². The first kappa shape index (κ1) is 22.1. The van der Waals surface area contributed by atoms with Crippen LogP contribution in [0.2, 0.25) is 0 Å². The summed E-state index contributed by atoms with van der Waals surface area (Å²) in [5.74, 6) is -1.14. The van der Waals surface area contributed by atoms with Crippen molar-refractivity contribution < 1.29 is 48.6 Å².